The molecule has 1 atom stereocenters. The van der Waals surface area contributed by atoms with E-state index in [9.17, 15) is 4.79 Å². The van der Waals surface area contributed by atoms with Crippen LogP contribution < -0.4 is 15.5 Å². The minimum atomic E-state index is -0.147. The van der Waals surface area contributed by atoms with Crippen molar-refractivity contribution in [1.29, 1.82) is 0 Å². The fourth-order valence-corrected chi connectivity index (χ4v) is 4.78. The fourth-order valence-electron chi connectivity index (χ4n) is 4.78. The van der Waals surface area contributed by atoms with E-state index in [1.165, 1.54) is 5.56 Å². The number of anilines is 2. The Balaban J connectivity index is 1.42. The number of carbonyl (C=O) groups is 1. The van der Waals surface area contributed by atoms with Gasteiger partial charge in [0.1, 0.15) is 5.82 Å². The van der Waals surface area contributed by atoms with Gasteiger partial charge in [0.15, 0.2) is 5.82 Å². The lowest BCUT2D eigenvalue weighted by molar-refractivity contribution is 0.0984. The number of carbonyl (C=O) groups excluding carboxylic acids is 1. The number of aromatic nitrogens is 2. The van der Waals surface area contributed by atoms with Crippen LogP contribution in [-0.2, 0) is 17.8 Å². The largest absolute Gasteiger partial charge is 0.377 e. The Hall–Kier alpha value is -2.71. The number of fused-ring (bicyclic) bond motifs is 1. The van der Waals surface area contributed by atoms with Crippen LogP contribution in [0.3, 0.4) is 0 Å². The van der Waals surface area contributed by atoms with Crippen LogP contribution in [0.15, 0.2) is 24.3 Å². The molecule has 2 N–H and O–H groups in total. The highest BCUT2D eigenvalue weighted by molar-refractivity contribution is 5.89. The molecule has 1 aliphatic carbocycles. The first kappa shape index (κ1) is 23.1. The molecule has 1 unspecified atom stereocenters. The van der Waals surface area contributed by atoms with Gasteiger partial charge in [0, 0.05) is 49.0 Å². The Labute approximate surface area is 202 Å². The van der Waals surface area contributed by atoms with E-state index in [0.29, 0.717) is 19.3 Å². The van der Waals surface area contributed by atoms with Crippen LogP contribution in [0.5, 0.6) is 0 Å². The van der Waals surface area contributed by atoms with Crippen molar-refractivity contribution in [3.63, 3.8) is 0 Å². The predicted octanol–water partition coefficient (Wildman–Crippen LogP) is 4.01. The van der Waals surface area contributed by atoms with Crippen molar-refractivity contribution in [2.75, 3.05) is 36.5 Å². The zero-order chi connectivity index (χ0) is 23.9. The molecule has 1 saturated heterocycles. The van der Waals surface area contributed by atoms with Crippen LogP contribution in [0.4, 0.5) is 16.3 Å². The van der Waals surface area contributed by atoms with Gasteiger partial charge < -0.3 is 20.3 Å². The maximum atomic E-state index is 12.1. The lowest BCUT2D eigenvalue weighted by atomic mass is 9.96. The summed E-state index contributed by atoms with van der Waals surface area (Å²) in [6.45, 7) is 14.0. The van der Waals surface area contributed by atoms with E-state index < -0.39 is 0 Å². The summed E-state index contributed by atoms with van der Waals surface area (Å²) in [7, 11) is 0. The number of nitrogens with zero attached hydrogens (tertiary/aromatic N) is 4. The third kappa shape index (κ3) is 5.33. The molecule has 2 aliphatic heterocycles. The van der Waals surface area contributed by atoms with E-state index in [4.69, 9.17) is 14.7 Å². The summed E-state index contributed by atoms with van der Waals surface area (Å²) in [5, 5.41) is 5.86. The number of rotatable bonds is 5. The normalized spacial score (nSPS) is 20.8. The first-order valence-electron chi connectivity index (χ1n) is 12.4. The highest BCUT2D eigenvalue weighted by Crippen LogP contribution is 2.35. The van der Waals surface area contributed by atoms with Crippen molar-refractivity contribution in [3.05, 3.63) is 35.5 Å². The third-order valence-corrected chi connectivity index (χ3v) is 6.48. The molecule has 1 saturated carbocycles. The summed E-state index contributed by atoms with van der Waals surface area (Å²) in [5.41, 5.74) is 4.30. The van der Waals surface area contributed by atoms with Gasteiger partial charge in [-0.1, -0.05) is 20.8 Å². The second-order valence-electron chi connectivity index (χ2n) is 11.1. The summed E-state index contributed by atoms with van der Waals surface area (Å²) in [4.78, 5) is 27.0. The molecule has 5 rings (SSSR count). The van der Waals surface area contributed by atoms with Crippen molar-refractivity contribution >= 4 is 17.5 Å². The quantitative estimate of drug-likeness (QED) is 0.696. The maximum absolute atomic E-state index is 12.1. The lowest BCUT2D eigenvalue weighted by Crippen LogP contribution is -2.44. The Morgan fingerprint density at radius 2 is 1.91 bits per heavy atom. The molecule has 0 bridgehead atoms. The number of nitrogens with one attached hydrogen (secondary N) is 2. The van der Waals surface area contributed by atoms with E-state index >= 15 is 0 Å². The average Bonchev–Trinajstić information content (AvgIpc) is 3.49. The molecule has 1 aromatic heterocycles. The number of hydrogen-bond acceptors (Lipinski definition) is 6. The minimum absolute atomic E-state index is 0.147. The van der Waals surface area contributed by atoms with Crippen molar-refractivity contribution in [3.8, 4) is 11.4 Å². The number of benzene rings is 1. The van der Waals surface area contributed by atoms with E-state index in [1.807, 2.05) is 24.3 Å². The minimum Gasteiger partial charge on any atom is -0.377 e. The summed E-state index contributed by atoms with van der Waals surface area (Å²) in [5.74, 6) is 1.78. The van der Waals surface area contributed by atoms with Gasteiger partial charge in [-0.15, -0.1) is 0 Å². The van der Waals surface area contributed by atoms with Gasteiger partial charge in [0.2, 0.25) is 0 Å². The van der Waals surface area contributed by atoms with Gasteiger partial charge in [0.25, 0.3) is 0 Å². The predicted molar refractivity (Wildman–Crippen MR) is 134 cm³/mol. The molecule has 8 heteroatoms. The van der Waals surface area contributed by atoms with Gasteiger partial charge >= 0.3 is 6.03 Å². The van der Waals surface area contributed by atoms with Crippen LogP contribution in [0.1, 0.15) is 51.8 Å². The zero-order valence-corrected chi connectivity index (χ0v) is 20.7. The molecule has 2 amide bonds. The summed E-state index contributed by atoms with van der Waals surface area (Å²) in [6, 6.07) is 8.27. The Morgan fingerprint density at radius 1 is 1.15 bits per heavy atom. The van der Waals surface area contributed by atoms with Gasteiger partial charge in [0.05, 0.1) is 24.9 Å². The molecule has 1 aromatic carbocycles. The van der Waals surface area contributed by atoms with Crippen molar-refractivity contribution in [1.82, 2.24) is 20.2 Å². The third-order valence-electron chi connectivity index (χ3n) is 6.48. The van der Waals surface area contributed by atoms with Gasteiger partial charge in [-0.3, -0.25) is 4.90 Å². The average molecular weight is 465 g/mol. The molecule has 0 spiro atoms. The molecule has 0 radical (unpaired) electrons. The highest BCUT2D eigenvalue weighted by Gasteiger charge is 2.32. The molecule has 2 fully saturated rings. The fraction of sp³-hybridized carbons (Fsp3) is 0.577. The van der Waals surface area contributed by atoms with Crippen LogP contribution >= 0.6 is 0 Å². The Bertz CT molecular complexity index is 1040. The van der Waals surface area contributed by atoms with Crippen molar-refractivity contribution in [2.45, 2.75) is 65.7 Å². The summed E-state index contributed by atoms with van der Waals surface area (Å²) in [6.07, 6.45) is 2.14. The second-order valence-corrected chi connectivity index (χ2v) is 11.1. The van der Waals surface area contributed by atoms with Crippen LogP contribution in [0, 0.1) is 5.41 Å². The molecular formula is C26H36N6O2. The zero-order valence-electron chi connectivity index (χ0n) is 20.7. The standard InChI is InChI=1S/C26H36N6O2/c1-17-15-34-12-11-32(17)24-21-13-31(16-26(2,3)4)14-22(21)29-23(30-24)18-5-7-19(8-6-18)27-25(33)28-20-9-10-20/h5-8,17,20H,9-16H2,1-4H3,(H2,27,28,33). The van der Waals surface area contributed by atoms with E-state index in [1.54, 1.807) is 0 Å². The highest BCUT2D eigenvalue weighted by atomic mass is 16.5. The molecule has 2 aromatic rings. The molecule has 8 nitrogen and oxygen atoms in total. The Morgan fingerprint density at radius 3 is 2.59 bits per heavy atom. The number of ether oxygens (including phenoxy) is 1. The van der Waals surface area contributed by atoms with E-state index in [0.717, 1.165) is 67.6 Å². The van der Waals surface area contributed by atoms with Gasteiger partial charge in [-0.25, -0.2) is 14.8 Å². The first-order chi connectivity index (χ1) is 16.2. The smallest absolute Gasteiger partial charge is 0.319 e. The van der Waals surface area contributed by atoms with Gasteiger partial charge in [-0.2, -0.15) is 0 Å². The summed E-state index contributed by atoms with van der Waals surface area (Å²) >= 11 is 0. The first-order valence-corrected chi connectivity index (χ1v) is 12.4. The lowest BCUT2D eigenvalue weighted by Gasteiger charge is -2.35. The molecule has 3 aliphatic rings. The Kier molecular flexibility index (Phi) is 6.20. The number of morpholine rings is 1. The summed E-state index contributed by atoms with van der Waals surface area (Å²) < 4.78 is 5.69. The van der Waals surface area contributed by atoms with Crippen molar-refractivity contribution < 1.29 is 9.53 Å². The number of amides is 2. The van der Waals surface area contributed by atoms with E-state index in [2.05, 4.69) is 48.1 Å². The van der Waals surface area contributed by atoms with Crippen LogP contribution in [-0.4, -0.2) is 59.3 Å². The van der Waals surface area contributed by atoms with Crippen molar-refractivity contribution in [2.24, 2.45) is 5.41 Å². The van der Waals surface area contributed by atoms with Gasteiger partial charge in [-0.05, 0) is 49.4 Å². The van der Waals surface area contributed by atoms with Crippen LogP contribution in [0.2, 0.25) is 0 Å². The molecular weight excluding hydrogens is 428 g/mol. The van der Waals surface area contributed by atoms with E-state index in [-0.39, 0.29) is 17.5 Å². The topological polar surface area (TPSA) is 82.6 Å². The molecule has 3 heterocycles. The second kappa shape index (κ2) is 9.15. The molecule has 182 valence electrons. The number of urea groups is 1. The van der Waals surface area contributed by atoms with Crippen LogP contribution in [0.25, 0.3) is 11.4 Å². The molecule has 34 heavy (non-hydrogen) atoms. The maximum Gasteiger partial charge on any atom is 0.319 e. The number of hydrogen-bond donors (Lipinski definition) is 2. The monoisotopic (exact) mass is 464 g/mol. The SMILES string of the molecule is CC1COCCN1c1nc(-c2ccc(NC(=O)NC3CC3)cc2)nc2c1CN(CC(C)(C)C)C2.